The van der Waals surface area contributed by atoms with Crippen molar-refractivity contribution in [3.63, 3.8) is 0 Å². The average Bonchev–Trinajstić information content (AvgIpc) is 2.36. The number of nitrogens with zero attached hydrogens (tertiary/aromatic N) is 2. The van der Waals surface area contributed by atoms with Gasteiger partial charge in [0.15, 0.2) is 0 Å². The highest BCUT2D eigenvalue weighted by Gasteiger charge is 2.17. The summed E-state index contributed by atoms with van der Waals surface area (Å²) in [5.74, 6) is 0.0640. The van der Waals surface area contributed by atoms with E-state index in [1.54, 1.807) is 11.9 Å². The lowest BCUT2D eigenvalue weighted by Gasteiger charge is -2.19. The number of nitriles is 1. The summed E-state index contributed by atoms with van der Waals surface area (Å²) in [5, 5.41) is 8.35. The van der Waals surface area contributed by atoms with Crippen LogP contribution in [-0.4, -0.2) is 29.6 Å². The third-order valence-corrected chi connectivity index (χ3v) is 3.44. The van der Waals surface area contributed by atoms with E-state index in [4.69, 9.17) is 5.26 Å². The van der Waals surface area contributed by atoms with E-state index in [0.29, 0.717) is 13.0 Å². The van der Waals surface area contributed by atoms with Crippen LogP contribution in [0.1, 0.15) is 13.3 Å². The van der Waals surface area contributed by atoms with Crippen LogP contribution in [0.15, 0.2) is 35.2 Å². The fourth-order valence-electron chi connectivity index (χ4n) is 1.39. The van der Waals surface area contributed by atoms with E-state index >= 15 is 0 Å². The van der Waals surface area contributed by atoms with Crippen LogP contribution in [0.5, 0.6) is 0 Å². The van der Waals surface area contributed by atoms with Gasteiger partial charge in [0.1, 0.15) is 0 Å². The first kappa shape index (κ1) is 13.6. The summed E-state index contributed by atoms with van der Waals surface area (Å²) in [5.41, 5.74) is 0. The zero-order valence-corrected chi connectivity index (χ0v) is 10.9. The predicted octanol–water partition coefficient (Wildman–Crippen LogP) is 2.54. The van der Waals surface area contributed by atoms with Gasteiger partial charge in [0.2, 0.25) is 5.91 Å². The van der Waals surface area contributed by atoms with Gasteiger partial charge in [-0.25, -0.2) is 0 Å². The number of benzene rings is 1. The first-order valence-electron chi connectivity index (χ1n) is 5.48. The maximum absolute atomic E-state index is 11.9. The summed E-state index contributed by atoms with van der Waals surface area (Å²) in [6, 6.07) is 11.9. The Morgan fingerprint density at radius 1 is 1.47 bits per heavy atom. The molecule has 1 unspecified atom stereocenters. The van der Waals surface area contributed by atoms with Crippen LogP contribution in [0, 0.1) is 11.3 Å². The lowest BCUT2D eigenvalue weighted by molar-refractivity contribution is -0.128. The van der Waals surface area contributed by atoms with E-state index in [1.165, 1.54) is 11.8 Å². The fraction of sp³-hybridized carbons (Fsp3) is 0.385. The van der Waals surface area contributed by atoms with Crippen LogP contribution >= 0.6 is 11.8 Å². The Morgan fingerprint density at radius 2 is 2.12 bits per heavy atom. The minimum absolute atomic E-state index is 0.0640. The Bertz CT molecular complexity index is 400. The molecule has 0 aliphatic heterocycles. The fourth-order valence-corrected chi connectivity index (χ4v) is 2.40. The first-order valence-corrected chi connectivity index (χ1v) is 6.36. The summed E-state index contributed by atoms with van der Waals surface area (Å²) < 4.78 is 0. The molecule has 0 aromatic heterocycles. The maximum Gasteiger partial charge on any atom is 0.235 e. The van der Waals surface area contributed by atoms with Crippen LogP contribution in [-0.2, 0) is 4.79 Å². The van der Waals surface area contributed by atoms with Crippen molar-refractivity contribution in [1.82, 2.24) is 4.90 Å². The topological polar surface area (TPSA) is 44.1 Å². The molecule has 0 spiro atoms. The number of thioether (sulfide) groups is 1. The standard InChI is InChI=1S/C13H16N2OS/c1-11(13(16)15(2)10-6-9-14)17-12-7-4-3-5-8-12/h3-5,7-8,11H,6,10H2,1-2H3. The van der Waals surface area contributed by atoms with Crippen LogP contribution in [0.2, 0.25) is 0 Å². The Hall–Kier alpha value is -1.47. The van der Waals surface area contributed by atoms with E-state index in [9.17, 15) is 4.79 Å². The molecule has 17 heavy (non-hydrogen) atoms. The van der Waals surface area contributed by atoms with Crippen molar-refractivity contribution >= 4 is 17.7 Å². The maximum atomic E-state index is 11.9. The highest BCUT2D eigenvalue weighted by atomic mass is 32.2. The number of rotatable bonds is 5. The van der Waals surface area contributed by atoms with Gasteiger partial charge in [0, 0.05) is 18.5 Å². The van der Waals surface area contributed by atoms with Gasteiger partial charge in [-0.3, -0.25) is 4.79 Å². The van der Waals surface area contributed by atoms with E-state index < -0.39 is 0 Å². The molecule has 0 heterocycles. The van der Waals surface area contributed by atoms with Gasteiger partial charge in [-0.15, -0.1) is 11.8 Å². The molecule has 0 radical (unpaired) electrons. The van der Waals surface area contributed by atoms with Crippen LogP contribution < -0.4 is 0 Å². The van der Waals surface area contributed by atoms with Gasteiger partial charge in [0.25, 0.3) is 0 Å². The normalized spacial score (nSPS) is 11.6. The SMILES string of the molecule is CC(Sc1ccccc1)C(=O)N(C)CCC#N. The molecule has 1 atom stereocenters. The molecular formula is C13H16N2OS. The number of hydrogen-bond acceptors (Lipinski definition) is 3. The molecule has 1 rings (SSSR count). The summed E-state index contributed by atoms with van der Waals surface area (Å²) in [6.45, 7) is 2.39. The zero-order chi connectivity index (χ0) is 12.7. The Kier molecular flexibility index (Phi) is 5.58. The summed E-state index contributed by atoms with van der Waals surface area (Å²) in [7, 11) is 1.74. The second-order valence-corrected chi connectivity index (χ2v) is 5.16. The smallest absolute Gasteiger partial charge is 0.235 e. The summed E-state index contributed by atoms with van der Waals surface area (Å²) in [4.78, 5) is 14.6. The van der Waals surface area contributed by atoms with Gasteiger partial charge < -0.3 is 4.90 Å². The monoisotopic (exact) mass is 248 g/mol. The molecule has 0 bridgehead atoms. The van der Waals surface area contributed by atoms with Gasteiger partial charge >= 0.3 is 0 Å². The average molecular weight is 248 g/mol. The van der Waals surface area contributed by atoms with E-state index in [1.807, 2.05) is 43.3 Å². The van der Waals surface area contributed by atoms with Crippen molar-refractivity contribution < 1.29 is 4.79 Å². The third-order valence-electron chi connectivity index (χ3n) is 2.34. The molecule has 3 nitrogen and oxygen atoms in total. The minimum Gasteiger partial charge on any atom is -0.344 e. The molecule has 0 saturated heterocycles. The number of carbonyl (C=O) groups is 1. The highest BCUT2D eigenvalue weighted by molar-refractivity contribution is 8.00. The van der Waals surface area contributed by atoms with Crippen molar-refractivity contribution in [3.8, 4) is 6.07 Å². The predicted molar refractivity (Wildman–Crippen MR) is 69.6 cm³/mol. The van der Waals surface area contributed by atoms with Crippen molar-refractivity contribution in [3.05, 3.63) is 30.3 Å². The van der Waals surface area contributed by atoms with E-state index in [2.05, 4.69) is 0 Å². The van der Waals surface area contributed by atoms with Gasteiger partial charge in [-0.1, -0.05) is 18.2 Å². The lowest BCUT2D eigenvalue weighted by Crippen LogP contribution is -2.33. The molecule has 0 saturated carbocycles. The molecule has 90 valence electrons. The van der Waals surface area contributed by atoms with Gasteiger partial charge in [-0.05, 0) is 19.1 Å². The number of hydrogen-bond donors (Lipinski definition) is 0. The van der Waals surface area contributed by atoms with Gasteiger partial charge in [0.05, 0.1) is 17.7 Å². The van der Waals surface area contributed by atoms with Crippen molar-refractivity contribution in [2.24, 2.45) is 0 Å². The Balaban J connectivity index is 2.50. The molecule has 1 aromatic carbocycles. The first-order chi connectivity index (χ1) is 8.15. The van der Waals surface area contributed by atoms with Gasteiger partial charge in [-0.2, -0.15) is 5.26 Å². The van der Waals surface area contributed by atoms with Crippen molar-refractivity contribution in [1.29, 1.82) is 5.26 Å². The Labute approximate surface area is 106 Å². The van der Waals surface area contributed by atoms with Crippen LogP contribution in [0.3, 0.4) is 0 Å². The second-order valence-electron chi connectivity index (χ2n) is 3.74. The Morgan fingerprint density at radius 3 is 2.71 bits per heavy atom. The van der Waals surface area contributed by atoms with Crippen molar-refractivity contribution in [2.45, 2.75) is 23.5 Å². The quantitative estimate of drug-likeness (QED) is 0.752. The zero-order valence-electron chi connectivity index (χ0n) is 10.1. The molecule has 1 amide bonds. The molecule has 0 fully saturated rings. The molecule has 0 aliphatic carbocycles. The molecule has 0 aliphatic rings. The van der Waals surface area contributed by atoms with Crippen molar-refractivity contribution in [2.75, 3.05) is 13.6 Å². The lowest BCUT2D eigenvalue weighted by atomic mass is 10.3. The largest absolute Gasteiger partial charge is 0.344 e. The van der Waals surface area contributed by atoms with E-state index in [0.717, 1.165) is 4.90 Å². The summed E-state index contributed by atoms with van der Waals surface area (Å²) >= 11 is 1.54. The highest BCUT2D eigenvalue weighted by Crippen LogP contribution is 2.23. The second kappa shape index (κ2) is 6.97. The molecular weight excluding hydrogens is 232 g/mol. The van der Waals surface area contributed by atoms with Crippen LogP contribution in [0.25, 0.3) is 0 Å². The summed E-state index contributed by atoms with van der Waals surface area (Å²) in [6.07, 6.45) is 0.380. The number of amides is 1. The third kappa shape index (κ3) is 4.49. The van der Waals surface area contributed by atoms with Crippen LogP contribution in [0.4, 0.5) is 0 Å². The minimum atomic E-state index is -0.124. The molecule has 0 N–H and O–H groups in total. The molecule has 4 heteroatoms. The number of carbonyl (C=O) groups excluding carboxylic acids is 1. The van der Waals surface area contributed by atoms with E-state index in [-0.39, 0.29) is 11.2 Å². The molecule has 1 aromatic rings.